The highest BCUT2D eigenvalue weighted by Gasteiger charge is 2.21. The fourth-order valence-corrected chi connectivity index (χ4v) is 3.61. The van der Waals surface area contributed by atoms with Gasteiger partial charge in [0.15, 0.2) is 0 Å². The number of nitrogens with zero attached hydrogens (tertiary/aromatic N) is 3. The third-order valence-corrected chi connectivity index (χ3v) is 5.27. The summed E-state index contributed by atoms with van der Waals surface area (Å²) in [6, 6.07) is 5.29. The van der Waals surface area contributed by atoms with Crippen molar-refractivity contribution >= 4 is 17.2 Å². The lowest BCUT2D eigenvalue weighted by atomic mass is 9.97. The van der Waals surface area contributed by atoms with E-state index in [-0.39, 0.29) is 36.3 Å². The fourth-order valence-electron chi connectivity index (χ4n) is 3.61. The number of ether oxygens (including phenoxy) is 3. The average Bonchev–Trinajstić information content (AvgIpc) is 3.25. The van der Waals surface area contributed by atoms with Gasteiger partial charge in [0.05, 0.1) is 12.3 Å². The maximum absolute atomic E-state index is 13.0. The van der Waals surface area contributed by atoms with E-state index in [1.165, 1.54) is 12.1 Å². The number of carbonyl (C=O) groups is 1. The van der Waals surface area contributed by atoms with Gasteiger partial charge in [0.1, 0.15) is 35.1 Å². The van der Waals surface area contributed by atoms with Crippen molar-refractivity contribution in [3.05, 3.63) is 53.7 Å². The number of nitrogens with one attached hydrogen (secondary N) is 1. The van der Waals surface area contributed by atoms with E-state index in [1.807, 2.05) is 6.20 Å². The molecule has 182 valence electrons. The van der Waals surface area contributed by atoms with Crippen LogP contribution in [0.25, 0.3) is 5.65 Å². The Morgan fingerprint density at radius 3 is 2.68 bits per heavy atom. The van der Waals surface area contributed by atoms with Gasteiger partial charge in [-0.25, -0.2) is 18.7 Å². The monoisotopic (exact) mass is 482 g/mol. The summed E-state index contributed by atoms with van der Waals surface area (Å²) in [5.41, 5.74) is 0.833. The van der Waals surface area contributed by atoms with Gasteiger partial charge in [-0.3, -0.25) is 4.79 Å². The van der Waals surface area contributed by atoms with Crippen molar-refractivity contribution in [2.45, 2.75) is 31.8 Å². The van der Waals surface area contributed by atoms with Gasteiger partial charge in [-0.15, -0.1) is 0 Å². The lowest BCUT2D eigenvalue weighted by molar-refractivity contribution is -0.133. The van der Waals surface area contributed by atoms with Gasteiger partial charge in [0, 0.05) is 37.6 Å². The second-order valence-corrected chi connectivity index (χ2v) is 7.55. The number of rotatable bonds is 9. The standard InChI is InChI=1S/C22H22F4N4O4/c23-20(24)14-2-1-3-15(27-14)21(31)29-17-12-30-11-16(13-4-6-32-7-5-13)28-19(30)10-18(17)33-8-9-34-22(25)26/h1-3,10-13,20,22H,4-9H2,(H,29,31). The number of anilines is 1. The van der Waals surface area contributed by atoms with Gasteiger partial charge in [-0.2, -0.15) is 8.78 Å². The topological polar surface area (TPSA) is 87.0 Å². The first kappa shape index (κ1) is 23.9. The summed E-state index contributed by atoms with van der Waals surface area (Å²) in [6.45, 7) is -2.24. The van der Waals surface area contributed by atoms with Gasteiger partial charge in [0.25, 0.3) is 12.3 Å². The first-order valence-corrected chi connectivity index (χ1v) is 10.6. The van der Waals surface area contributed by atoms with Crippen LogP contribution >= 0.6 is 0 Å². The zero-order valence-corrected chi connectivity index (χ0v) is 17.9. The Morgan fingerprint density at radius 1 is 1.15 bits per heavy atom. The Balaban J connectivity index is 1.60. The number of halogens is 4. The molecule has 1 fully saturated rings. The normalized spacial score (nSPS) is 14.8. The van der Waals surface area contributed by atoms with Crippen molar-refractivity contribution in [3.63, 3.8) is 0 Å². The van der Waals surface area contributed by atoms with Crippen LogP contribution in [0.4, 0.5) is 23.2 Å². The molecule has 4 rings (SSSR count). The summed E-state index contributed by atoms with van der Waals surface area (Å²) in [5, 5.41) is 2.59. The van der Waals surface area contributed by atoms with Crippen molar-refractivity contribution in [1.82, 2.24) is 14.4 Å². The molecule has 4 heterocycles. The van der Waals surface area contributed by atoms with Crippen molar-refractivity contribution in [1.29, 1.82) is 0 Å². The summed E-state index contributed by atoms with van der Waals surface area (Å²) >= 11 is 0. The van der Waals surface area contributed by atoms with E-state index >= 15 is 0 Å². The molecule has 1 aliphatic heterocycles. The number of imidazole rings is 1. The zero-order valence-electron chi connectivity index (χ0n) is 17.9. The highest BCUT2D eigenvalue weighted by Crippen LogP contribution is 2.31. The van der Waals surface area contributed by atoms with Crippen molar-refractivity contribution in [2.75, 3.05) is 31.7 Å². The fraction of sp³-hybridized carbons (Fsp3) is 0.409. The number of pyridine rings is 2. The Kier molecular flexibility index (Phi) is 7.58. The number of alkyl halides is 4. The Morgan fingerprint density at radius 2 is 1.94 bits per heavy atom. The molecule has 0 aromatic carbocycles. The molecular weight excluding hydrogens is 460 g/mol. The second-order valence-electron chi connectivity index (χ2n) is 7.55. The molecule has 1 N–H and O–H groups in total. The lowest BCUT2D eigenvalue weighted by Gasteiger charge is -2.19. The predicted molar refractivity (Wildman–Crippen MR) is 113 cm³/mol. The van der Waals surface area contributed by atoms with Crippen LogP contribution in [0.15, 0.2) is 36.7 Å². The van der Waals surface area contributed by atoms with Crippen LogP contribution in [0.3, 0.4) is 0 Å². The second kappa shape index (κ2) is 10.8. The van der Waals surface area contributed by atoms with Gasteiger partial charge in [-0.05, 0) is 25.0 Å². The summed E-state index contributed by atoms with van der Waals surface area (Å²) in [5.74, 6) is -0.357. The molecule has 0 saturated carbocycles. The number of hydrogen-bond donors (Lipinski definition) is 1. The molecule has 0 spiro atoms. The quantitative estimate of drug-likeness (QED) is 0.359. The Hall–Kier alpha value is -3.25. The average molecular weight is 482 g/mol. The SMILES string of the molecule is O=C(Nc1cn2cc(C3CCOCC3)nc2cc1OCCOC(F)F)c1cccc(C(F)F)n1. The summed E-state index contributed by atoms with van der Waals surface area (Å²) in [7, 11) is 0. The highest BCUT2D eigenvalue weighted by atomic mass is 19.3. The Bertz CT molecular complexity index is 1140. The van der Waals surface area contributed by atoms with E-state index in [4.69, 9.17) is 9.47 Å². The summed E-state index contributed by atoms with van der Waals surface area (Å²) in [4.78, 5) is 21.0. The van der Waals surface area contributed by atoms with E-state index in [0.717, 1.165) is 24.6 Å². The molecule has 3 aromatic heterocycles. The largest absolute Gasteiger partial charge is 0.489 e. The van der Waals surface area contributed by atoms with Crippen LogP contribution in [0.5, 0.6) is 5.75 Å². The van der Waals surface area contributed by atoms with E-state index in [9.17, 15) is 22.4 Å². The zero-order chi connectivity index (χ0) is 24.1. The maximum atomic E-state index is 13.0. The minimum Gasteiger partial charge on any atom is -0.489 e. The molecule has 8 nitrogen and oxygen atoms in total. The maximum Gasteiger partial charge on any atom is 0.345 e. The van der Waals surface area contributed by atoms with E-state index in [1.54, 1.807) is 16.7 Å². The van der Waals surface area contributed by atoms with Crippen LogP contribution in [0, 0.1) is 0 Å². The highest BCUT2D eigenvalue weighted by molar-refractivity contribution is 6.03. The molecule has 0 atom stereocenters. The van der Waals surface area contributed by atoms with E-state index in [2.05, 4.69) is 20.0 Å². The van der Waals surface area contributed by atoms with Crippen LogP contribution in [-0.2, 0) is 9.47 Å². The van der Waals surface area contributed by atoms with Crippen LogP contribution in [0.1, 0.15) is 47.1 Å². The summed E-state index contributed by atoms with van der Waals surface area (Å²) < 4.78 is 67.3. The first-order valence-electron chi connectivity index (χ1n) is 10.6. The minimum absolute atomic E-state index is 0.160. The third-order valence-electron chi connectivity index (χ3n) is 5.27. The molecule has 1 saturated heterocycles. The number of carbonyl (C=O) groups excluding carboxylic acids is 1. The van der Waals surface area contributed by atoms with Crippen LogP contribution in [-0.4, -0.2) is 53.3 Å². The van der Waals surface area contributed by atoms with Crippen molar-refractivity contribution in [3.8, 4) is 5.75 Å². The molecular formula is C22H22F4N4O4. The van der Waals surface area contributed by atoms with Gasteiger partial charge in [-0.1, -0.05) is 6.07 Å². The molecule has 0 unspecified atom stereocenters. The molecule has 3 aromatic rings. The van der Waals surface area contributed by atoms with Crippen LogP contribution < -0.4 is 10.1 Å². The minimum atomic E-state index is -2.94. The van der Waals surface area contributed by atoms with Gasteiger partial charge < -0.3 is 23.9 Å². The van der Waals surface area contributed by atoms with E-state index in [0.29, 0.717) is 18.9 Å². The number of aromatic nitrogens is 3. The molecule has 0 radical (unpaired) electrons. The number of amides is 1. The smallest absolute Gasteiger partial charge is 0.345 e. The number of fused-ring (bicyclic) bond motifs is 1. The van der Waals surface area contributed by atoms with Crippen molar-refractivity contribution < 1.29 is 36.6 Å². The molecule has 1 amide bonds. The number of hydrogen-bond acceptors (Lipinski definition) is 6. The third kappa shape index (κ3) is 5.81. The molecule has 12 heteroatoms. The van der Waals surface area contributed by atoms with Gasteiger partial charge in [0.2, 0.25) is 0 Å². The van der Waals surface area contributed by atoms with Crippen molar-refractivity contribution in [2.24, 2.45) is 0 Å². The first-order chi connectivity index (χ1) is 16.4. The lowest BCUT2D eigenvalue weighted by Crippen LogP contribution is -2.17. The van der Waals surface area contributed by atoms with E-state index < -0.39 is 24.6 Å². The molecule has 34 heavy (non-hydrogen) atoms. The molecule has 1 aliphatic rings. The molecule has 0 bridgehead atoms. The summed E-state index contributed by atoms with van der Waals surface area (Å²) in [6.07, 6.45) is 2.22. The predicted octanol–water partition coefficient (Wildman–Crippen LogP) is 4.43. The van der Waals surface area contributed by atoms with Crippen LogP contribution in [0.2, 0.25) is 0 Å². The Labute approximate surface area is 191 Å². The van der Waals surface area contributed by atoms with Gasteiger partial charge >= 0.3 is 6.61 Å². The molecule has 0 aliphatic carbocycles.